The Morgan fingerprint density at radius 1 is 1.22 bits per heavy atom. The van der Waals surface area contributed by atoms with Crippen LogP contribution in [0.2, 0.25) is 0 Å². The quantitative estimate of drug-likeness (QED) is 0.751. The van der Waals surface area contributed by atoms with Crippen LogP contribution in [0.25, 0.3) is 0 Å². The van der Waals surface area contributed by atoms with Crippen LogP contribution in [0.3, 0.4) is 0 Å². The SMILES string of the molecule is NCCC(=O)Nc1ccc(NCc2ccc3c(c2)OCO3)nc1. The molecule has 1 aromatic carbocycles. The number of nitrogens with zero attached hydrogens (tertiary/aromatic N) is 1. The van der Waals surface area contributed by atoms with Crippen molar-refractivity contribution in [2.45, 2.75) is 13.0 Å². The third-order valence-electron chi connectivity index (χ3n) is 3.33. The van der Waals surface area contributed by atoms with Gasteiger partial charge in [0.2, 0.25) is 12.7 Å². The molecule has 7 nitrogen and oxygen atoms in total. The fraction of sp³-hybridized carbons (Fsp3) is 0.250. The van der Waals surface area contributed by atoms with Crippen LogP contribution in [0, 0.1) is 0 Å². The molecule has 4 N–H and O–H groups in total. The van der Waals surface area contributed by atoms with Crippen molar-refractivity contribution in [3.63, 3.8) is 0 Å². The zero-order chi connectivity index (χ0) is 16.1. The molecule has 0 aliphatic carbocycles. The number of amides is 1. The summed E-state index contributed by atoms with van der Waals surface area (Å²) in [6.07, 6.45) is 1.90. The van der Waals surface area contributed by atoms with E-state index in [0.29, 0.717) is 25.2 Å². The van der Waals surface area contributed by atoms with Crippen LogP contribution < -0.4 is 25.8 Å². The highest BCUT2D eigenvalue weighted by Gasteiger charge is 2.12. The maximum absolute atomic E-state index is 11.4. The second kappa shape index (κ2) is 6.97. The highest BCUT2D eigenvalue weighted by molar-refractivity contribution is 5.90. The molecular formula is C16H18N4O3. The van der Waals surface area contributed by atoms with Gasteiger partial charge in [-0.05, 0) is 29.8 Å². The predicted octanol–water partition coefficient (Wildman–Crippen LogP) is 1.71. The molecule has 23 heavy (non-hydrogen) atoms. The van der Waals surface area contributed by atoms with Crippen molar-refractivity contribution in [3.05, 3.63) is 42.1 Å². The van der Waals surface area contributed by atoms with E-state index in [-0.39, 0.29) is 12.7 Å². The number of carbonyl (C=O) groups excluding carboxylic acids is 1. The summed E-state index contributed by atoms with van der Waals surface area (Å²) in [7, 11) is 0. The number of aromatic nitrogens is 1. The van der Waals surface area contributed by atoms with Gasteiger partial charge in [-0.3, -0.25) is 4.79 Å². The van der Waals surface area contributed by atoms with E-state index >= 15 is 0 Å². The Hall–Kier alpha value is -2.80. The highest BCUT2D eigenvalue weighted by atomic mass is 16.7. The van der Waals surface area contributed by atoms with Gasteiger partial charge in [-0.25, -0.2) is 4.98 Å². The average molecular weight is 314 g/mol. The van der Waals surface area contributed by atoms with Gasteiger partial charge in [0, 0.05) is 19.5 Å². The largest absolute Gasteiger partial charge is 0.454 e. The number of nitrogens with one attached hydrogen (secondary N) is 2. The first kappa shape index (κ1) is 15.1. The number of hydrogen-bond donors (Lipinski definition) is 3. The van der Waals surface area contributed by atoms with Gasteiger partial charge in [-0.15, -0.1) is 0 Å². The minimum Gasteiger partial charge on any atom is -0.454 e. The number of pyridine rings is 1. The summed E-state index contributed by atoms with van der Waals surface area (Å²) in [5, 5.41) is 5.95. The second-order valence-corrected chi connectivity index (χ2v) is 5.06. The van der Waals surface area contributed by atoms with Gasteiger partial charge in [0.05, 0.1) is 11.9 Å². The lowest BCUT2D eigenvalue weighted by molar-refractivity contribution is -0.116. The Morgan fingerprint density at radius 3 is 2.87 bits per heavy atom. The molecule has 0 radical (unpaired) electrons. The minimum atomic E-state index is -0.115. The number of ether oxygens (including phenoxy) is 2. The number of benzene rings is 1. The van der Waals surface area contributed by atoms with Crippen LogP contribution in [0.1, 0.15) is 12.0 Å². The van der Waals surface area contributed by atoms with Gasteiger partial charge in [0.15, 0.2) is 11.5 Å². The lowest BCUT2D eigenvalue weighted by Crippen LogP contribution is -2.16. The van der Waals surface area contributed by atoms with Crippen LogP contribution in [-0.2, 0) is 11.3 Å². The smallest absolute Gasteiger partial charge is 0.231 e. The summed E-state index contributed by atoms with van der Waals surface area (Å²) in [5.41, 5.74) is 7.05. The standard InChI is InChI=1S/C16H18N4O3/c17-6-5-16(21)20-12-2-4-15(19-9-12)18-8-11-1-3-13-14(7-11)23-10-22-13/h1-4,7,9H,5-6,8,10,17H2,(H,18,19)(H,20,21). The summed E-state index contributed by atoms with van der Waals surface area (Å²) < 4.78 is 10.6. The Labute approximate surface area is 133 Å². The first-order valence-electron chi connectivity index (χ1n) is 7.33. The Morgan fingerprint density at radius 2 is 2.09 bits per heavy atom. The van der Waals surface area contributed by atoms with Crippen molar-refractivity contribution in [3.8, 4) is 11.5 Å². The third-order valence-corrected chi connectivity index (χ3v) is 3.33. The van der Waals surface area contributed by atoms with E-state index in [1.54, 1.807) is 12.3 Å². The van der Waals surface area contributed by atoms with E-state index in [0.717, 1.165) is 22.9 Å². The first-order chi connectivity index (χ1) is 11.2. The molecule has 1 aliphatic heterocycles. The van der Waals surface area contributed by atoms with E-state index in [1.165, 1.54) is 0 Å². The van der Waals surface area contributed by atoms with Crippen molar-refractivity contribution in [1.82, 2.24) is 4.98 Å². The number of fused-ring (bicyclic) bond motifs is 1. The molecule has 1 aromatic heterocycles. The van der Waals surface area contributed by atoms with E-state index in [4.69, 9.17) is 15.2 Å². The molecule has 2 aromatic rings. The van der Waals surface area contributed by atoms with E-state index in [9.17, 15) is 4.79 Å². The van der Waals surface area contributed by atoms with Gasteiger partial charge < -0.3 is 25.8 Å². The Bertz CT molecular complexity index is 688. The number of anilines is 2. The van der Waals surface area contributed by atoms with Crippen LogP contribution in [0.5, 0.6) is 11.5 Å². The molecule has 0 spiro atoms. The molecule has 120 valence electrons. The van der Waals surface area contributed by atoms with Crippen LogP contribution in [-0.4, -0.2) is 24.2 Å². The van der Waals surface area contributed by atoms with Crippen molar-refractivity contribution in [2.24, 2.45) is 5.73 Å². The zero-order valence-electron chi connectivity index (χ0n) is 12.5. The van der Waals surface area contributed by atoms with Crippen molar-refractivity contribution < 1.29 is 14.3 Å². The van der Waals surface area contributed by atoms with E-state index in [2.05, 4.69) is 15.6 Å². The number of hydrogen-bond acceptors (Lipinski definition) is 6. The van der Waals surface area contributed by atoms with Crippen molar-refractivity contribution >= 4 is 17.4 Å². The molecule has 0 fully saturated rings. The summed E-state index contributed by atoms with van der Waals surface area (Å²) in [6.45, 7) is 1.21. The predicted molar refractivity (Wildman–Crippen MR) is 86.4 cm³/mol. The monoisotopic (exact) mass is 314 g/mol. The summed E-state index contributed by atoms with van der Waals surface area (Å²) in [4.78, 5) is 15.7. The molecule has 1 amide bonds. The molecule has 0 atom stereocenters. The number of carbonyl (C=O) groups is 1. The molecule has 0 unspecified atom stereocenters. The van der Waals surface area contributed by atoms with E-state index < -0.39 is 0 Å². The fourth-order valence-electron chi connectivity index (χ4n) is 2.17. The molecule has 1 aliphatic rings. The Balaban J connectivity index is 1.55. The Kier molecular flexibility index (Phi) is 4.58. The van der Waals surface area contributed by atoms with Gasteiger partial charge in [0.1, 0.15) is 5.82 Å². The third kappa shape index (κ3) is 3.89. The summed E-state index contributed by atoms with van der Waals surface area (Å²) >= 11 is 0. The number of nitrogens with two attached hydrogens (primary N) is 1. The molecule has 0 saturated heterocycles. The maximum Gasteiger partial charge on any atom is 0.231 e. The van der Waals surface area contributed by atoms with E-state index in [1.807, 2.05) is 24.3 Å². The van der Waals surface area contributed by atoms with Gasteiger partial charge in [-0.2, -0.15) is 0 Å². The lowest BCUT2D eigenvalue weighted by atomic mass is 10.2. The van der Waals surface area contributed by atoms with Crippen molar-refractivity contribution in [2.75, 3.05) is 24.0 Å². The molecular weight excluding hydrogens is 296 g/mol. The van der Waals surface area contributed by atoms with Crippen LogP contribution in [0.4, 0.5) is 11.5 Å². The molecule has 2 heterocycles. The summed E-state index contributed by atoms with van der Waals surface area (Å²) in [6, 6.07) is 9.41. The first-order valence-corrected chi connectivity index (χ1v) is 7.33. The molecule has 3 rings (SSSR count). The van der Waals surface area contributed by atoms with Gasteiger partial charge in [0.25, 0.3) is 0 Å². The second-order valence-electron chi connectivity index (χ2n) is 5.06. The zero-order valence-corrected chi connectivity index (χ0v) is 12.5. The number of rotatable bonds is 6. The van der Waals surface area contributed by atoms with Gasteiger partial charge >= 0.3 is 0 Å². The molecule has 0 bridgehead atoms. The molecule has 7 heteroatoms. The molecule has 0 saturated carbocycles. The maximum atomic E-state index is 11.4. The minimum absolute atomic E-state index is 0.115. The van der Waals surface area contributed by atoms with Crippen LogP contribution in [0.15, 0.2) is 36.5 Å². The normalized spacial score (nSPS) is 12.0. The lowest BCUT2D eigenvalue weighted by Gasteiger charge is -2.08. The topological polar surface area (TPSA) is 98.5 Å². The van der Waals surface area contributed by atoms with Gasteiger partial charge in [-0.1, -0.05) is 6.07 Å². The average Bonchev–Trinajstić information content (AvgIpc) is 3.02. The van der Waals surface area contributed by atoms with Crippen LogP contribution >= 0.6 is 0 Å². The summed E-state index contributed by atoms with van der Waals surface area (Å²) in [5.74, 6) is 2.13. The highest BCUT2D eigenvalue weighted by Crippen LogP contribution is 2.32. The fourth-order valence-corrected chi connectivity index (χ4v) is 2.17. The van der Waals surface area contributed by atoms with Crippen molar-refractivity contribution in [1.29, 1.82) is 0 Å².